The maximum Gasteiger partial charge on any atom is 0.248 e. The molecule has 4 nitrogen and oxygen atoms in total. The van der Waals surface area contributed by atoms with Crippen molar-refractivity contribution in [2.24, 2.45) is 5.41 Å². The predicted molar refractivity (Wildman–Crippen MR) is 83.8 cm³/mol. The van der Waals surface area contributed by atoms with Crippen molar-refractivity contribution in [2.45, 2.75) is 77.7 Å². The van der Waals surface area contributed by atoms with Gasteiger partial charge in [0, 0.05) is 19.5 Å². The summed E-state index contributed by atoms with van der Waals surface area (Å²) >= 11 is 0. The second kappa shape index (κ2) is 6.37. The van der Waals surface area contributed by atoms with E-state index in [1.807, 2.05) is 18.7 Å². The van der Waals surface area contributed by atoms with Crippen LogP contribution in [0.5, 0.6) is 0 Å². The molecule has 0 aromatic carbocycles. The molecule has 0 aromatic rings. The Morgan fingerprint density at radius 3 is 2.29 bits per heavy atom. The molecule has 120 valence electrons. The van der Waals surface area contributed by atoms with Gasteiger partial charge in [-0.25, -0.2) is 0 Å². The summed E-state index contributed by atoms with van der Waals surface area (Å²) < 4.78 is 0. The molecular weight excluding hydrogens is 264 g/mol. The van der Waals surface area contributed by atoms with E-state index in [2.05, 4.69) is 12.2 Å². The highest BCUT2D eigenvalue weighted by atomic mass is 16.2. The molecule has 4 heteroatoms. The summed E-state index contributed by atoms with van der Waals surface area (Å²) in [6.45, 7) is 7.67. The molecule has 1 N–H and O–H groups in total. The van der Waals surface area contributed by atoms with Crippen LogP contribution in [0, 0.1) is 5.41 Å². The van der Waals surface area contributed by atoms with Gasteiger partial charge in [-0.3, -0.25) is 9.59 Å². The molecule has 1 saturated heterocycles. The number of hydrogen-bond donors (Lipinski definition) is 1. The molecule has 0 unspecified atom stereocenters. The highest BCUT2D eigenvalue weighted by Crippen LogP contribution is 2.37. The van der Waals surface area contributed by atoms with Crippen molar-refractivity contribution in [3.8, 4) is 0 Å². The van der Waals surface area contributed by atoms with E-state index < -0.39 is 5.54 Å². The van der Waals surface area contributed by atoms with Crippen molar-refractivity contribution in [1.29, 1.82) is 0 Å². The van der Waals surface area contributed by atoms with Crippen LogP contribution in [0.2, 0.25) is 0 Å². The van der Waals surface area contributed by atoms with Crippen LogP contribution in [0.15, 0.2) is 0 Å². The minimum absolute atomic E-state index is 0.0170. The van der Waals surface area contributed by atoms with Crippen molar-refractivity contribution in [3.63, 3.8) is 0 Å². The smallest absolute Gasteiger partial charge is 0.248 e. The third-order valence-electron chi connectivity index (χ3n) is 5.52. The molecular formula is C17H30N2O2. The Bertz CT molecular complexity index is 396. The van der Waals surface area contributed by atoms with Gasteiger partial charge in [-0.05, 0) is 31.1 Å². The lowest BCUT2D eigenvalue weighted by Gasteiger charge is -2.40. The summed E-state index contributed by atoms with van der Waals surface area (Å²) in [4.78, 5) is 27.0. The van der Waals surface area contributed by atoms with Crippen molar-refractivity contribution >= 4 is 11.8 Å². The first kappa shape index (κ1) is 16.3. The molecule has 2 aliphatic rings. The lowest BCUT2D eigenvalue weighted by atomic mass is 9.75. The van der Waals surface area contributed by atoms with Crippen LogP contribution < -0.4 is 5.32 Å². The fraction of sp³-hybridized carbons (Fsp3) is 0.882. The van der Waals surface area contributed by atoms with Crippen molar-refractivity contribution < 1.29 is 9.59 Å². The summed E-state index contributed by atoms with van der Waals surface area (Å²) in [5, 5.41) is 2.99. The Labute approximate surface area is 128 Å². The molecule has 0 bridgehead atoms. The molecule has 0 atom stereocenters. The first-order valence-electron chi connectivity index (χ1n) is 8.55. The average Bonchev–Trinajstić information content (AvgIpc) is 2.59. The zero-order chi connectivity index (χ0) is 15.5. The Balaban J connectivity index is 2.17. The van der Waals surface area contributed by atoms with Crippen LogP contribution in [0.1, 0.15) is 72.1 Å². The van der Waals surface area contributed by atoms with E-state index in [1.54, 1.807) is 0 Å². The van der Waals surface area contributed by atoms with Crippen LogP contribution in [0.3, 0.4) is 0 Å². The lowest BCUT2D eigenvalue weighted by molar-refractivity contribution is -0.140. The minimum atomic E-state index is -0.682. The fourth-order valence-corrected chi connectivity index (χ4v) is 3.93. The van der Waals surface area contributed by atoms with Gasteiger partial charge in [0.2, 0.25) is 11.8 Å². The molecule has 1 heterocycles. The third kappa shape index (κ3) is 3.41. The van der Waals surface area contributed by atoms with E-state index in [-0.39, 0.29) is 17.2 Å². The SMILES string of the molecule is CCC1(CC)NC(=O)CCN(CC2(C)CCCCC2)C1=O. The minimum Gasteiger partial charge on any atom is -0.342 e. The number of carbonyl (C=O) groups excluding carboxylic acids is 2. The lowest BCUT2D eigenvalue weighted by Crippen LogP contribution is -2.57. The van der Waals surface area contributed by atoms with Gasteiger partial charge in [0.15, 0.2) is 0 Å². The van der Waals surface area contributed by atoms with Gasteiger partial charge < -0.3 is 10.2 Å². The fourth-order valence-electron chi connectivity index (χ4n) is 3.93. The number of nitrogens with one attached hydrogen (secondary N) is 1. The number of rotatable bonds is 4. The van der Waals surface area contributed by atoms with Crippen LogP contribution in [0.25, 0.3) is 0 Å². The molecule has 0 aromatic heterocycles. The second-order valence-electron chi connectivity index (χ2n) is 7.19. The van der Waals surface area contributed by atoms with E-state index in [9.17, 15) is 9.59 Å². The van der Waals surface area contributed by atoms with Crippen molar-refractivity contribution in [2.75, 3.05) is 13.1 Å². The monoisotopic (exact) mass is 294 g/mol. The first-order chi connectivity index (χ1) is 9.95. The standard InChI is InChI=1S/C17H30N2O2/c1-4-17(5-2)15(21)19(12-9-14(20)18-17)13-16(3)10-7-6-8-11-16/h4-13H2,1-3H3,(H,18,20). The topological polar surface area (TPSA) is 49.4 Å². The summed E-state index contributed by atoms with van der Waals surface area (Å²) in [7, 11) is 0. The van der Waals surface area contributed by atoms with Crippen LogP contribution in [-0.2, 0) is 9.59 Å². The largest absolute Gasteiger partial charge is 0.342 e. The van der Waals surface area contributed by atoms with Gasteiger partial charge in [0.1, 0.15) is 5.54 Å². The van der Waals surface area contributed by atoms with Crippen LogP contribution >= 0.6 is 0 Å². The second-order valence-corrected chi connectivity index (χ2v) is 7.19. The Kier molecular flexibility index (Phi) is 4.95. The van der Waals surface area contributed by atoms with Gasteiger partial charge in [-0.15, -0.1) is 0 Å². The maximum absolute atomic E-state index is 13.0. The summed E-state index contributed by atoms with van der Waals surface area (Å²) in [6.07, 6.45) is 8.02. The normalized spacial score (nSPS) is 25.4. The van der Waals surface area contributed by atoms with E-state index in [4.69, 9.17) is 0 Å². The molecule has 0 spiro atoms. The third-order valence-corrected chi connectivity index (χ3v) is 5.52. The van der Waals surface area contributed by atoms with E-state index in [1.165, 1.54) is 32.1 Å². The number of carbonyl (C=O) groups is 2. The van der Waals surface area contributed by atoms with Gasteiger partial charge in [0.25, 0.3) is 0 Å². The highest BCUT2D eigenvalue weighted by Gasteiger charge is 2.43. The van der Waals surface area contributed by atoms with E-state index in [0.29, 0.717) is 25.8 Å². The quantitative estimate of drug-likeness (QED) is 0.866. The highest BCUT2D eigenvalue weighted by molar-refractivity contribution is 5.93. The Morgan fingerprint density at radius 2 is 1.71 bits per heavy atom. The van der Waals surface area contributed by atoms with Crippen molar-refractivity contribution in [1.82, 2.24) is 10.2 Å². The summed E-state index contributed by atoms with van der Waals surface area (Å²) in [5.41, 5.74) is -0.451. The number of nitrogens with zero attached hydrogens (tertiary/aromatic N) is 1. The molecule has 1 saturated carbocycles. The first-order valence-corrected chi connectivity index (χ1v) is 8.55. The van der Waals surface area contributed by atoms with Crippen LogP contribution in [0.4, 0.5) is 0 Å². The molecule has 1 aliphatic carbocycles. The summed E-state index contributed by atoms with van der Waals surface area (Å²) in [6, 6.07) is 0. The van der Waals surface area contributed by atoms with E-state index in [0.717, 1.165) is 6.54 Å². The van der Waals surface area contributed by atoms with Gasteiger partial charge in [-0.1, -0.05) is 40.0 Å². The molecule has 21 heavy (non-hydrogen) atoms. The van der Waals surface area contributed by atoms with Gasteiger partial charge >= 0.3 is 0 Å². The average molecular weight is 294 g/mol. The molecule has 0 radical (unpaired) electrons. The molecule has 2 amide bonds. The maximum atomic E-state index is 13.0. The summed E-state index contributed by atoms with van der Waals surface area (Å²) in [5.74, 6) is 0.147. The predicted octanol–water partition coefficient (Wildman–Crippen LogP) is 2.86. The Morgan fingerprint density at radius 1 is 1.10 bits per heavy atom. The molecule has 2 fully saturated rings. The zero-order valence-corrected chi connectivity index (χ0v) is 13.8. The zero-order valence-electron chi connectivity index (χ0n) is 13.8. The number of hydrogen-bond acceptors (Lipinski definition) is 2. The Hall–Kier alpha value is -1.06. The molecule has 2 rings (SSSR count). The van der Waals surface area contributed by atoms with E-state index >= 15 is 0 Å². The van der Waals surface area contributed by atoms with Gasteiger partial charge in [-0.2, -0.15) is 0 Å². The number of amides is 2. The molecule has 1 aliphatic heterocycles. The van der Waals surface area contributed by atoms with Crippen LogP contribution in [-0.4, -0.2) is 35.3 Å². The van der Waals surface area contributed by atoms with Crippen molar-refractivity contribution in [3.05, 3.63) is 0 Å². The van der Waals surface area contributed by atoms with Gasteiger partial charge in [0.05, 0.1) is 0 Å².